The number of nitrogens with zero attached hydrogens (tertiary/aromatic N) is 1. The van der Waals surface area contributed by atoms with E-state index in [-0.39, 0.29) is 17.3 Å². The van der Waals surface area contributed by atoms with Crippen LogP contribution in [0.2, 0.25) is 5.02 Å². The van der Waals surface area contributed by atoms with Crippen LogP contribution in [0.4, 0.5) is 10.1 Å². The molecule has 3 aromatic rings. The SMILES string of the molecule is CCOc1ccc(/C(O)=C2/C(=O)C(=O)N(c3cccc(Cl)c3)C2c2ccc(F)cc2)cc1C(C)C. The molecule has 1 heterocycles. The Hall–Kier alpha value is -3.64. The smallest absolute Gasteiger partial charge is 0.300 e. The quantitative estimate of drug-likeness (QED) is 0.238. The monoisotopic (exact) mass is 493 g/mol. The lowest BCUT2D eigenvalue weighted by Crippen LogP contribution is -2.29. The van der Waals surface area contributed by atoms with Crippen molar-refractivity contribution in [3.8, 4) is 5.75 Å². The molecule has 4 rings (SSSR count). The molecule has 1 aliphatic heterocycles. The Kier molecular flexibility index (Phi) is 6.94. The van der Waals surface area contributed by atoms with Crippen molar-refractivity contribution in [3.05, 3.63) is 99.8 Å². The van der Waals surface area contributed by atoms with Crippen LogP contribution in [0.1, 0.15) is 49.4 Å². The summed E-state index contributed by atoms with van der Waals surface area (Å²) in [5, 5.41) is 11.8. The zero-order valence-corrected chi connectivity index (χ0v) is 20.3. The Balaban J connectivity index is 1.93. The van der Waals surface area contributed by atoms with Crippen molar-refractivity contribution in [2.75, 3.05) is 11.5 Å². The Morgan fingerprint density at radius 2 is 1.80 bits per heavy atom. The summed E-state index contributed by atoms with van der Waals surface area (Å²) in [6.07, 6.45) is 0. The second-order valence-corrected chi connectivity index (χ2v) is 8.98. The molecule has 0 aliphatic carbocycles. The summed E-state index contributed by atoms with van der Waals surface area (Å²) in [7, 11) is 0. The number of anilines is 1. The maximum Gasteiger partial charge on any atom is 0.300 e. The van der Waals surface area contributed by atoms with Crippen LogP contribution in [0.3, 0.4) is 0 Å². The number of amides is 1. The Morgan fingerprint density at radius 1 is 1.09 bits per heavy atom. The summed E-state index contributed by atoms with van der Waals surface area (Å²) in [5.41, 5.74) is 2.02. The van der Waals surface area contributed by atoms with Gasteiger partial charge < -0.3 is 9.84 Å². The van der Waals surface area contributed by atoms with Gasteiger partial charge in [-0.15, -0.1) is 0 Å². The zero-order chi connectivity index (χ0) is 25.3. The predicted octanol–water partition coefficient (Wildman–Crippen LogP) is 6.63. The van der Waals surface area contributed by atoms with Crippen LogP contribution >= 0.6 is 11.6 Å². The minimum absolute atomic E-state index is 0.0829. The summed E-state index contributed by atoms with van der Waals surface area (Å²) in [5.74, 6) is -1.64. The first-order valence-corrected chi connectivity index (χ1v) is 11.7. The number of Topliss-reactive ketones (excluding diaryl/α,β-unsaturated/α-hetero) is 1. The predicted molar refractivity (Wildman–Crippen MR) is 134 cm³/mol. The number of hydrogen-bond donors (Lipinski definition) is 1. The molecule has 1 N–H and O–H groups in total. The van der Waals surface area contributed by atoms with E-state index in [4.69, 9.17) is 16.3 Å². The van der Waals surface area contributed by atoms with Crippen LogP contribution in [0.25, 0.3) is 5.76 Å². The highest BCUT2D eigenvalue weighted by Gasteiger charge is 2.47. The highest BCUT2D eigenvalue weighted by molar-refractivity contribution is 6.51. The van der Waals surface area contributed by atoms with Crippen molar-refractivity contribution >= 4 is 34.7 Å². The van der Waals surface area contributed by atoms with Gasteiger partial charge in [0.1, 0.15) is 17.3 Å². The van der Waals surface area contributed by atoms with E-state index in [0.29, 0.717) is 34.2 Å². The van der Waals surface area contributed by atoms with E-state index in [9.17, 15) is 19.1 Å². The van der Waals surface area contributed by atoms with Crippen molar-refractivity contribution in [3.63, 3.8) is 0 Å². The van der Waals surface area contributed by atoms with Gasteiger partial charge in [-0.3, -0.25) is 14.5 Å². The average Bonchev–Trinajstić information content (AvgIpc) is 3.10. The largest absolute Gasteiger partial charge is 0.507 e. The van der Waals surface area contributed by atoms with Crippen molar-refractivity contribution in [2.24, 2.45) is 0 Å². The minimum Gasteiger partial charge on any atom is -0.507 e. The number of ketones is 1. The van der Waals surface area contributed by atoms with Gasteiger partial charge >= 0.3 is 0 Å². The molecule has 1 fully saturated rings. The molecule has 1 aliphatic rings. The van der Waals surface area contributed by atoms with Crippen LogP contribution in [0, 0.1) is 5.82 Å². The van der Waals surface area contributed by atoms with Crippen molar-refractivity contribution in [2.45, 2.75) is 32.7 Å². The van der Waals surface area contributed by atoms with E-state index < -0.39 is 23.5 Å². The number of carbonyl (C=O) groups excluding carboxylic acids is 2. The molecule has 1 amide bonds. The average molecular weight is 494 g/mol. The molecule has 0 aromatic heterocycles. The summed E-state index contributed by atoms with van der Waals surface area (Å²) in [4.78, 5) is 27.8. The molecule has 35 heavy (non-hydrogen) atoms. The fourth-order valence-corrected chi connectivity index (χ4v) is 4.46. The summed E-state index contributed by atoms with van der Waals surface area (Å²) in [6, 6.07) is 16.2. The molecule has 0 radical (unpaired) electrons. The molecule has 180 valence electrons. The first kappa shape index (κ1) is 24.5. The van der Waals surface area contributed by atoms with Crippen LogP contribution in [-0.2, 0) is 9.59 Å². The van der Waals surface area contributed by atoms with Gasteiger partial charge in [0, 0.05) is 16.3 Å². The standard InChI is InChI=1S/C28H25ClFNO4/c1-4-35-23-13-10-18(14-22(23)16(2)3)26(32)24-25(17-8-11-20(30)12-9-17)31(28(34)27(24)33)21-7-5-6-19(29)15-21/h5-16,25,32H,4H2,1-3H3/b26-24-. The Labute approximate surface area is 208 Å². The van der Waals surface area contributed by atoms with Gasteiger partial charge in [-0.25, -0.2) is 4.39 Å². The van der Waals surface area contributed by atoms with Gasteiger partial charge in [-0.2, -0.15) is 0 Å². The normalized spacial score (nSPS) is 17.3. The second-order valence-electron chi connectivity index (χ2n) is 8.54. The molecule has 1 saturated heterocycles. The molecular weight excluding hydrogens is 469 g/mol. The van der Waals surface area contributed by atoms with E-state index in [1.54, 1.807) is 42.5 Å². The Morgan fingerprint density at radius 3 is 2.43 bits per heavy atom. The van der Waals surface area contributed by atoms with E-state index in [1.165, 1.54) is 29.2 Å². The van der Waals surface area contributed by atoms with Crippen molar-refractivity contribution < 1.29 is 23.8 Å². The maximum atomic E-state index is 13.7. The summed E-state index contributed by atoms with van der Waals surface area (Å²) in [6.45, 7) is 6.37. The molecule has 7 heteroatoms. The summed E-state index contributed by atoms with van der Waals surface area (Å²) < 4.78 is 19.4. The third-order valence-corrected chi connectivity index (χ3v) is 6.16. The number of aliphatic hydroxyl groups excluding tert-OH is 1. The van der Waals surface area contributed by atoms with Crippen molar-refractivity contribution in [1.29, 1.82) is 0 Å². The van der Waals surface area contributed by atoms with E-state index >= 15 is 0 Å². The fraction of sp³-hybridized carbons (Fsp3) is 0.214. The molecule has 1 unspecified atom stereocenters. The zero-order valence-electron chi connectivity index (χ0n) is 19.6. The topological polar surface area (TPSA) is 66.8 Å². The van der Waals surface area contributed by atoms with Crippen LogP contribution in [-0.4, -0.2) is 23.4 Å². The van der Waals surface area contributed by atoms with Crippen LogP contribution in [0.15, 0.2) is 72.3 Å². The number of hydrogen-bond acceptors (Lipinski definition) is 4. The number of rotatable bonds is 6. The summed E-state index contributed by atoms with van der Waals surface area (Å²) >= 11 is 6.16. The van der Waals surface area contributed by atoms with Gasteiger partial charge in [0.05, 0.1) is 18.2 Å². The van der Waals surface area contributed by atoms with Crippen molar-refractivity contribution in [1.82, 2.24) is 0 Å². The van der Waals surface area contributed by atoms with Crippen LogP contribution < -0.4 is 9.64 Å². The van der Waals surface area contributed by atoms with E-state index in [1.807, 2.05) is 20.8 Å². The molecule has 5 nitrogen and oxygen atoms in total. The van der Waals surface area contributed by atoms with Crippen LogP contribution in [0.5, 0.6) is 5.75 Å². The molecule has 1 atom stereocenters. The highest BCUT2D eigenvalue weighted by atomic mass is 35.5. The third-order valence-electron chi connectivity index (χ3n) is 5.92. The van der Waals surface area contributed by atoms with Gasteiger partial charge in [-0.1, -0.05) is 43.6 Å². The number of halogens is 2. The molecule has 3 aromatic carbocycles. The van der Waals surface area contributed by atoms with Gasteiger partial charge in [-0.05, 0) is 72.5 Å². The molecule has 0 saturated carbocycles. The lowest BCUT2D eigenvalue weighted by molar-refractivity contribution is -0.132. The third kappa shape index (κ3) is 4.66. The van der Waals surface area contributed by atoms with E-state index in [2.05, 4.69) is 0 Å². The maximum absolute atomic E-state index is 13.7. The molecule has 0 bridgehead atoms. The van der Waals surface area contributed by atoms with E-state index in [0.717, 1.165) is 5.56 Å². The second kappa shape index (κ2) is 9.92. The van der Waals surface area contributed by atoms with Gasteiger partial charge in [0.15, 0.2) is 0 Å². The van der Waals surface area contributed by atoms with Gasteiger partial charge in [0.2, 0.25) is 0 Å². The fourth-order valence-electron chi connectivity index (χ4n) is 4.27. The molecular formula is C28H25ClFNO4. The highest BCUT2D eigenvalue weighted by Crippen LogP contribution is 2.43. The number of carbonyl (C=O) groups is 2. The first-order chi connectivity index (χ1) is 16.7. The molecule has 0 spiro atoms. The minimum atomic E-state index is -0.969. The Bertz CT molecular complexity index is 1320. The first-order valence-electron chi connectivity index (χ1n) is 11.3. The number of ether oxygens (including phenoxy) is 1. The number of benzene rings is 3. The lowest BCUT2D eigenvalue weighted by atomic mass is 9.93. The van der Waals surface area contributed by atoms with Gasteiger partial charge in [0.25, 0.3) is 11.7 Å². The number of aliphatic hydroxyl groups is 1. The lowest BCUT2D eigenvalue weighted by Gasteiger charge is -2.25.